The van der Waals surface area contributed by atoms with Crippen LogP contribution in [0.1, 0.15) is 49.0 Å². The van der Waals surface area contributed by atoms with Gasteiger partial charge in [0.2, 0.25) is 0 Å². The number of halogens is 1. The summed E-state index contributed by atoms with van der Waals surface area (Å²) in [5.74, 6) is -1.51. The van der Waals surface area contributed by atoms with Gasteiger partial charge in [0.25, 0.3) is 0 Å². The number of rotatable bonds is 4. The van der Waals surface area contributed by atoms with Crippen LogP contribution in [0.25, 0.3) is 0 Å². The predicted molar refractivity (Wildman–Crippen MR) is 71.7 cm³/mol. The number of carboxylic acids is 1. The van der Waals surface area contributed by atoms with Crippen LogP contribution in [0.4, 0.5) is 4.39 Å². The Hall–Kier alpha value is -1.42. The molecule has 4 heteroatoms. The van der Waals surface area contributed by atoms with Crippen molar-refractivity contribution in [2.45, 2.75) is 51.7 Å². The fourth-order valence-corrected chi connectivity index (χ4v) is 2.85. The lowest BCUT2D eigenvalue weighted by Crippen LogP contribution is -2.33. The van der Waals surface area contributed by atoms with E-state index in [-0.39, 0.29) is 5.56 Å². The zero-order valence-corrected chi connectivity index (χ0v) is 11.4. The van der Waals surface area contributed by atoms with Gasteiger partial charge in [0.05, 0.1) is 5.56 Å². The zero-order chi connectivity index (χ0) is 14.0. The normalized spacial score (nSPS) is 23.7. The second-order valence-electron chi connectivity index (χ2n) is 5.27. The van der Waals surface area contributed by atoms with Crippen molar-refractivity contribution >= 4 is 5.97 Å². The van der Waals surface area contributed by atoms with Gasteiger partial charge in [-0.25, -0.2) is 9.18 Å². The molecule has 1 saturated heterocycles. The van der Waals surface area contributed by atoms with Crippen molar-refractivity contribution < 1.29 is 14.3 Å². The smallest absolute Gasteiger partial charge is 0.335 e. The first-order valence-corrected chi connectivity index (χ1v) is 6.80. The number of carboxylic acid groups (broad SMARTS) is 1. The number of nitrogens with zero attached hydrogens (tertiary/aromatic N) is 1. The largest absolute Gasteiger partial charge is 0.478 e. The van der Waals surface area contributed by atoms with E-state index in [4.69, 9.17) is 5.11 Å². The molecule has 2 atom stereocenters. The lowest BCUT2D eigenvalue weighted by molar-refractivity contribution is 0.0696. The van der Waals surface area contributed by atoms with Crippen LogP contribution < -0.4 is 0 Å². The highest BCUT2D eigenvalue weighted by molar-refractivity contribution is 5.87. The van der Waals surface area contributed by atoms with Crippen molar-refractivity contribution in [3.05, 3.63) is 35.1 Å². The van der Waals surface area contributed by atoms with Gasteiger partial charge in [0, 0.05) is 24.2 Å². The molecule has 3 nitrogen and oxygen atoms in total. The Morgan fingerprint density at radius 3 is 2.79 bits per heavy atom. The summed E-state index contributed by atoms with van der Waals surface area (Å²) in [6, 6.07) is 5.15. The molecule has 1 N–H and O–H groups in total. The van der Waals surface area contributed by atoms with Gasteiger partial charge in [-0.05, 0) is 38.3 Å². The van der Waals surface area contributed by atoms with Crippen LogP contribution in [-0.4, -0.2) is 28.1 Å². The Labute approximate surface area is 113 Å². The van der Waals surface area contributed by atoms with Gasteiger partial charge < -0.3 is 5.11 Å². The Balaban J connectivity index is 2.17. The lowest BCUT2D eigenvalue weighted by atomic mass is 10.1. The van der Waals surface area contributed by atoms with Crippen LogP contribution >= 0.6 is 0 Å². The van der Waals surface area contributed by atoms with Crippen LogP contribution in [0, 0.1) is 5.82 Å². The maximum absolute atomic E-state index is 13.9. The maximum Gasteiger partial charge on any atom is 0.335 e. The number of likely N-dealkylation sites (tertiary alicyclic amines) is 1. The molecule has 2 rings (SSSR count). The minimum atomic E-state index is -1.09. The van der Waals surface area contributed by atoms with Crippen LogP contribution in [0.15, 0.2) is 18.2 Å². The van der Waals surface area contributed by atoms with Crippen molar-refractivity contribution in [3.63, 3.8) is 0 Å². The fourth-order valence-electron chi connectivity index (χ4n) is 2.85. The molecule has 0 bridgehead atoms. The Kier molecular flexibility index (Phi) is 4.20. The van der Waals surface area contributed by atoms with Crippen LogP contribution in [0.2, 0.25) is 0 Å². The molecule has 0 amide bonds. The monoisotopic (exact) mass is 265 g/mol. The van der Waals surface area contributed by atoms with E-state index in [0.717, 1.165) is 25.3 Å². The van der Waals surface area contributed by atoms with Gasteiger partial charge in [-0.1, -0.05) is 13.0 Å². The molecule has 0 radical (unpaired) electrons. The molecule has 0 saturated carbocycles. The third-order valence-corrected chi connectivity index (χ3v) is 4.08. The molecule has 1 aliphatic rings. The SMILES string of the molecule is CCC1CCC(C)N1Cc1ccc(C(=O)O)cc1F. The summed E-state index contributed by atoms with van der Waals surface area (Å²) in [5.41, 5.74) is 0.583. The van der Waals surface area contributed by atoms with Crippen molar-refractivity contribution in [1.82, 2.24) is 4.90 Å². The molecular weight excluding hydrogens is 245 g/mol. The highest BCUT2D eigenvalue weighted by Crippen LogP contribution is 2.28. The van der Waals surface area contributed by atoms with Gasteiger partial charge in [-0.2, -0.15) is 0 Å². The van der Waals surface area contributed by atoms with Crippen molar-refractivity contribution in [2.75, 3.05) is 0 Å². The summed E-state index contributed by atoms with van der Waals surface area (Å²) >= 11 is 0. The number of benzene rings is 1. The van der Waals surface area contributed by atoms with Gasteiger partial charge in [0.1, 0.15) is 5.82 Å². The molecule has 104 valence electrons. The van der Waals surface area contributed by atoms with Crippen LogP contribution in [0.5, 0.6) is 0 Å². The first-order chi connectivity index (χ1) is 9.02. The average molecular weight is 265 g/mol. The summed E-state index contributed by atoms with van der Waals surface area (Å²) in [4.78, 5) is 13.1. The van der Waals surface area contributed by atoms with Gasteiger partial charge in [-0.15, -0.1) is 0 Å². The predicted octanol–water partition coefficient (Wildman–Crippen LogP) is 3.29. The zero-order valence-electron chi connectivity index (χ0n) is 11.4. The van der Waals surface area contributed by atoms with Gasteiger partial charge in [0.15, 0.2) is 0 Å². The van der Waals surface area contributed by atoms with E-state index >= 15 is 0 Å². The summed E-state index contributed by atoms with van der Waals surface area (Å²) < 4.78 is 13.9. The summed E-state index contributed by atoms with van der Waals surface area (Å²) in [6.07, 6.45) is 3.37. The molecule has 1 heterocycles. The number of hydrogen-bond acceptors (Lipinski definition) is 2. The second-order valence-corrected chi connectivity index (χ2v) is 5.27. The van der Waals surface area contributed by atoms with E-state index in [2.05, 4.69) is 18.7 Å². The van der Waals surface area contributed by atoms with Gasteiger partial charge >= 0.3 is 5.97 Å². The third-order valence-electron chi connectivity index (χ3n) is 4.08. The number of carbonyl (C=O) groups is 1. The van der Waals surface area contributed by atoms with E-state index in [9.17, 15) is 9.18 Å². The molecular formula is C15H20FNO2. The molecule has 1 aromatic rings. The van der Waals surface area contributed by atoms with Crippen LogP contribution in [0.3, 0.4) is 0 Å². The van der Waals surface area contributed by atoms with Crippen molar-refractivity contribution in [1.29, 1.82) is 0 Å². The number of hydrogen-bond donors (Lipinski definition) is 1. The molecule has 1 fully saturated rings. The molecule has 0 aliphatic carbocycles. The molecule has 2 unspecified atom stereocenters. The summed E-state index contributed by atoms with van der Waals surface area (Å²) in [5, 5.41) is 8.83. The quantitative estimate of drug-likeness (QED) is 0.908. The topological polar surface area (TPSA) is 40.5 Å². The Morgan fingerprint density at radius 1 is 1.47 bits per heavy atom. The van der Waals surface area contributed by atoms with Crippen molar-refractivity contribution in [2.24, 2.45) is 0 Å². The summed E-state index contributed by atoms with van der Waals surface area (Å²) in [6.45, 7) is 4.88. The van der Waals surface area contributed by atoms with E-state index in [1.807, 2.05) is 0 Å². The minimum absolute atomic E-state index is 0.00256. The summed E-state index contributed by atoms with van der Waals surface area (Å²) in [7, 11) is 0. The maximum atomic E-state index is 13.9. The molecule has 1 aromatic carbocycles. The lowest BCUT2D eigenvalue weighted by Gasteiger charge is -2.27. The first-order valence-electron chi connectivity index (χ1n) is 6.80. The van der Waals surface area contributed by atoms with E-state index in [1.165, 1.54) is 6.07 Å². The fraction of sp³-hybridized carbons (Fsp3) is 0.533. The molecule has 1 aliphatic heterocycles. The molecule has 19 heavy (non-hydrogen) atoms. The first kappa shape index (κ1) is 14.0. The standard InChI is InChI=1S/C15H20FNO2/c1-3-13-7-4-10(2)17(13)9-12-6-5-11(15(18)19)8-14(12)16/h5-6,8,10,13H,3-4,7,9H2,1-2H3,(H,18,19). The van der Waals surface area contributed by atoms with E-state index in [1.54, 1.807) is 6.07 Å². The number of aromatic carboxylic acids is 1. The Bertz CT molecular complexity index is 475. The van der Waals surface area contributed by atoms with E-state index in [0.29, 0.717) is 24.2 Å². The van der Waals surface area contributed by atoms with Gasteiger partial charge in [-0.3, -0.25) is 4.90 Å². The minimum Gasteiger partial charge on any atom is -0.478 e. The molecule has 0 aromatic heterocycles. The van der Waals surface area contributed by atoms with Crippen LogP contribution in [-0.2, 0) is 6.54 Å². The molecule has 0 spiro atoms. The van der Waals surface area contributed by atoms with Crippen molar-refractivity contribution in [3.8, 4) is 0 Å². The Morgan fingerprint density at radius 2 is 2.21 bits per heavy atom. The van der Waals surface area contributed by atoms with E-state index < -0.39 is 11.8 Å². The third kappa shape index (κ3) is 2.95. The average Bonchev–Trinajstić information content (AvgIpc) is 2.72. The highest BCUT2D eigenvalue weighted by atomic mass is 19.1. The second kappa shape index (κ2) is 5.70. The highest BCUT2D eigenvalue weighted by Gasteiger charge is 2.29.